The quantitative estimate of drug-likeness (QED) is 0.884. The highest BCUT2D eigenvalue weighted by atomic mass is 15.2. The van der Waals surface area contributed by atoms with Gasteiger partial charge in [-0.05, 0) is 56.0 Å². The van der Waals surface area contributed by atoms with Crippen LogP contribution in [0.4, 0.5) is 5.69 Å². The molecule has 0 fully saturated rings. The zero-order chi connectivity index (χ0) is 13.8. The number of rotatable bonds is 3. The van der Waals surface area contributed by atoms with E-state index in [-0.39, 0.29) is 0 Å². The summed E-state index contributed by atoms with van der Waals surface area (Å²) in [7, 11) is 0. The molecule has 20 heavy (non-hydrogen) atoms. The minimum Gasteiger partial charge on any atom is -0.402 e. The molecule has 0 radical (unpaired) electrons. The average Bonchev–Trinajstić information content (AvgIpc) is 2.52. The molecule has 2 aliphatic carbocycles. The van der Waals surface area contributed by atoms with Crippen molar-refractivity contribution in [1.82, 2.24) is 0 Å². The summed E-state index contributed by atoms with van der Waals surface area (Å²) in [5.74, 6) is 0. The molecule has 2 nitrogen and oxygen atoms in total. The third kappa shape index (κ3) is 2.69. The van der Waals surface area contributed by atoms with E-state index in [1.807, 2.05) is 6.08 Å². The number of nitrogens with two attached hydrogens (primary N) is 1. The Morgan fingerprint density at radius 2 is 1.80 bits per heavy atom. The minimum absolute atomic E-state index is 0.937. The summed E-state index contributed by atoms with van der Waals surface area (Å²) in [5.41, 5.74) is 10.6. The second-order valence-corrected chi connectivity index (χ2v) is 5.18. The van der Waals surface area contributed by atoms with E-state index in [1.54, 1.807) is 0 Å². The van der Waals surface area contributed by atoms with Crippen LogP contribution >= 0.6 is 0 Å². The Kier molecular flexibility index (Phi) is 3.73. The Labute approximate surface area is 120 Å². The molecule has 2 N–H and O–H groups in total. The van der Waals surface area contributed by atoms with E-state index in [4.69, 9.17) is 5.73 Å². The molecule has 0 spiro atoms. The van der Waals surface area contributed by atoms with Gasteiger partial charge < -0.3 is 10.6 Å². The summed E-state index contributed by atoms with van der Waals surface area (Å²) < 4.78 is 0. The molecule has 0 heterocycles. The summed E-state index contributed by atoms with van der Waals surface area (Å²) >= 11 is 0. The van der Waals surface area contributed by atoms with Crippen LogP contribution in [0, 0.1) is 0 Å². The summed E-state index contributed by atoms with van der Waals surface area (Å²) in [6.07, 6.45) is 15.1. The van der Waals surface area contributed by atoms with Crippen molar-refractivity contribution in [3.05, 3.63) is 77.8 Å². The second-order valence-electron chi connectivity index (χ2n) is 5.18. The molecule has 0 saturated heterocycles. The summed E-state index contributed by atoms with van der Waals surface area (Å²) in [6.45, 7) is 0. The second kappa shape index (κ2) is 5.83. The molecule has 0 aromatic heterocycles. The van der Waals surface area contributed by atoms with Crippen molar-refractivity contribution < 1.29 is 0 Å². The van der Waals surface area contributed by atoms with Crippen LogP contribution in [0.15, 0.2) is 77.8 Å². The van der Waals surface area contributed by atoms with Crippen LogP contribution in [0.25, 0.3) is 0 Å². The Hall–Kier alpha value is -2.22. The van der Waals surface area contributed by atoms with Gasteiger partial charge in [0, 0.05) is 22.8 Å². The van der Waals surface area contributed by atoms with Crippen LogP contribution in [0.5, 0.6) is 0 Å². The molecule has 2 heteroatoms. The number of benzene rings is 1. The molecule has 0 atom stereocenters. The van der Waals surface area contributed by atoms with Crippen molar-refractivity contribution in [2.45, 2.75) is 25.7 Å². The van der Waals surface area contributed by atoms with Crippen molar-refractivity contribution in [2.75, 3.05) is 4.90 Å². The molecule has 0 amide bonds. The van der Waals surface area contributed by atoms with Crippen molar-refractivity contribution in [2.24, 2.45) is 5.73 Å². The first-order valence-corrected chi connectivity index (χ1v) is 7.22. The van der Waals surface area contributed by atoms with Crippen LogP contribution in [0.2, 0.25) is 0 Å². The topological polar surface area (TPSA) is 29.3 Å². The highest BCUT2D eigenvalue weighted by molar-refractivity contribution is 5.61. The van der Waals surface area contributed by atoms with Crippen molar-refractivity contribution in [3.8, 4) is 0 Å². The van der Waals surface area contributed by atoms with Crippen molar-refractivity contribution in [1.29, 1.82) is 0 Å². The monoisotopic (exact) mass is 264 g/mol. The van der Waals surface area contributed by atoms with Crippen molar-refractivity contribution >= 4 is 5.69 Å². The Morgan fingerprint density at radius 1 is 0.950 bits per heavy atom. The number of para-hydroxylation sites is 1. The smallest absolute Gasteiger partial charge is 0.0458 e. The molecular formula is C18H20N2. The van der Waals surface area contributed by atoms with Gasteiger partial charge in [-0.1, -0.05) is 30.4 Å². The first kappa shape index (κ1) is 12.8. The number of hydrogen-bond acceptors (Lipinski definition) is 2. The van der Waals surface area contributed by atoms with E-state index >= 15 is 0 Å². The SMILES string of the molecule is NC1=CC=C(N(C2=CCCC=C2)c2ccccc2)CC1. The number of allylic oxidation sites excluding steroid dienone is 7. The van der Waals surface area contributed by atoms with Crippen LogP contribution in [0.1, 0.15) is 25.7 Å². The largest absolute Gasteiger partial charge is 0.402 e. The van der Waals surface area contributed by atoms with Gasteiger partial charge in [0.15, 0.2) is 0 Å². The molecule has 3 rings (SSSR count). The number of hydrogen-bond donors (Lipinski definition) is 1. The third-order valence-electron chi connectivity index (χ3n) is 3.69. The summed E-state index contributed by atoms with van der Waals surface area (Å²) in [6, 6.07) is 10.5. The highest BCUT2D eigenvalue weighted by Crippen LogP contribution is 2.31. The number of nitrogens with zero attached hydrogens (tertiary/aromatic N) is 1. The standard InChI is InChI=1S/C18H20N2/c19-15-11-13-18(14-12-15)20(16-7-3-1-4-8-16)17-9-5-2-6-10-17/h1,3-5,7-11,13H,2,6,12,14,19H2. The maximum absolute atomic E-state index is 5.88. The highest BCUT2D eigenvalue weighted by Gasteiger charge is 2.17. The molecule has 0 unspecified atom stereocenters. The lowest BCUT2D eigenvalue weighted by Crippen LogP contribution is -2.23. The lowest BCUT2D eigenvalue weighted by molar-refractivity contribution is 0.847. The molecule has 102 valence electrons. The first-order valence-electron chi connectivity index (χ1n) is 7.22. The minimum atomic E-state index is 0.937. The predicted octanol–water partition coefficient (Wildman–Crippen LogP) is 4.25. The summed E-state index contributed by atoms with van der Waals surface area (Å²) in [4.78, 5) is 2.35. The van der Waals surface area contributed by atoms with Gasteiger partial charge >= 0.3 is 0 Å². The zero-order valence-electron chi connectivity index (χ0n) is 11.6. The van der Waals surface area contributed by atoms with E-state index in [1.165, 1.54) is 17.1 Å². The third-order valence-corrected chi connectivity index (χ3v) is 3.69. The van der Waals surface area contributed by atoms with E-state index in [0.29, 0.717) is 0 Å². The molecule has 1 aromatic rings. The Bertz CT molecular complexity index is 591. The van der Waals surface area contributed by atoms with Gasteiger partial charge in [-0.15, -0.1) is 0 Å². The van der Waals surface area contributed by atoms with Crippen LogP contribution in [-0.4, -0.2) is 0 Å². The van der Waals surface area contributed by atoms with Gasteiger partial charge in [0.2, 0.25) is 0 Å². The van der Waals surface area contributed by atoms with E-state index in [0.717, 1.165) is 31.4 Å². The van der Waals surface area contributed by atoms with E-state index in [2.05, 4.69) is 59.5 Å². The lowest BCUT2D eigenvalue weighted by atomic mass is 10.0. The normalized spacial score (nSPS) is 18.1. The fraction of sp³-hybridized carbons (Fsp3) is 0.222. The predicted molar refractivity (Wildman–Crippen MR) is 85.0 cm³/mol. The van der Waals surface area contributed by atoms with Crippen molar-refractivity contribution in [3.63, 3.8) is 0 Å². The Balaban J connectivity index is 2.00. The summed E-state index contributed by atoms with van der Waals surface area (Å²) in [5, 5.41) is 0. The average molecular weight is 264 g/mol. The van der Waals surface area contributed by atoms with Gasteiger partial charge in [0.05, 0.1) is 0 Å². The first-order chi connectivity index (χ1) is 9.84. The van der Waals surface area contributed by atoms with Gasteiger partial charge in [0.1, 0.15) is 0 Å². The van der Waals surface area contributed by atoms with Crippen LogP contribution < -0.4 is 10.6 Å². The fourth-order valence-corrected chi connectivity index (χ4v) is 2.65. The molecule has 1 aromatic carbocycles. The molecular weight excluding hydrogens is 244 g/mol. The molecule has 0 aliphatic heterocycles. The molecule has 0 bridgehead atoms. The molecule has 0 saturated carbocycles. The fourth-order valence-electron chi connectivity index (χ4n) is 2.65. The maximum atomic E-state index is 5.88. The van der Waals surface area contributed by atoms with Gasteiger partial charge in [-0.3, -0.25) is 0 Å². The van der Waals surface area contributed by atoms with Gasteiger partial charge in [-0.25, -0.2) is 0 Å². The van der Waals surface area contributed by atoms with E-state index in [9.17, 15) is 0 Å². The Morgan fingerprint density at radius 3 is 2.45 bits per heavy atom. The van der Waals surface area contributed by atoms with Gasteiger partial charge in [0.25, 0.3) is 0 Å². The number of anilines is 1. The lowest BCUT2D eigenvalue weighted by Gasteiger charge is -2.31. The van der Waals surface area contributed by atoms with Gasteiger partial charge in [-0.2, -0.15) is 0 Å². The zero-order valence-corrected chi connectivity index (χ0v) is 11.6. The maximum Gasteiger partial charge on any atom is 0.0458 e. The van der Waals surface area contributed by atoms with Crippen LogP contribution in [-0.2, 0) is 0 Å². The van der Waals surface area contributed by atoms with Crippen LogP contribution in [0.3, 0.4) is 0 Å². The molecule has 2 aliphatic rings. The van der Waals surface area contributed by atoms with E-state index < -0.39 is 0 Å².